The predicted molar refractivity (Wildman–Crippen MR) is 90.9 cm³/mol. The maximum absolute atomic E-state index is 13.9. The molecule has 0 amide bonds. The van der Waals surface area contributed by atoms with Crippen LogP contribution in [0.3, 0.4) is 0 Å². The summed E-state index contributed by atoms with van der Waals surface area (Å²) in [5.74, 6) is 0.105. The van der Waals surface area contributed by atoms with Gasteiger partial charge in [-0.1, -0.05) is 12.1 Å². The van der Waals surface area contributed by atoms with E-state index in [1.165, 1.54) is 16.9 Å². The Balaban J connectivity index is 1.70. The van der Waals surface area contributed by atoms with Crippen LogP contribution in [0.2, 0.25) is 0 Å². The van der Waals surface area contributed by atoms with E-state index in [1.54, 1.807) is 18.2 Å². The molecule has 0 fully saturated rings. The summed E-state index contributed by atoms with van der Waals surface area (Å²) in [6.45, 7) is -0.00472. The number of oxazole rings is 1. The van der Waals surface area contributed by atoms with E-state index in [0.29, 0.717) is 12.0 Å². The first-order valence-electron chi connectivity index (χ1n) is 8.40. The van der Waals surface area contributed by atoms with Gasteiger partial charge in [0.1, 0.15) is 24.0 Å². The van der Waals surface area contributed by atoms with Crippen molar-refractivity contribution in [3.05, 3.63) is 69.3 Å². The van der Waals surface area contributed by atoms with Crippen molar-refractivity contribution in [2.75, 3.05) is 0 Å². The van der Waals surface area contributed by atoms with Crippen LogP contribution in [-0.4, -0.2) is 14.8 Å². The number of fused-ring (bicyclic) bond motifs is 1. The highest BCUT2D eigenvalue weighted by molar-refractivity contribution is 5.56. The SMILES string of the molecule is N#Cc1c2c(nn(Cc3ncc(-c4ccccc4F)o3)c1=O)CCCC2. The zero-order valence-corrected chi connectivity index (χ0v) is 13.9. The molecule has 0 saturated carbocycles. The van der Waals surface area contributed by atoms with Gasteiger partial charge < -0.3 is 4.42 Å². The molecule has 2 heterocycles. The minimum atomic E-state index is -0.446. The third-order valence-electron chi connectivity index (χ3n) is 4.52. The molecule has 26 heavy (non-hydrogen) atoms. The van der Waals surface area contributed by atoms with Gasteiger partial charge in [0.05, 0.1) is 17.5 Å². The Morgan fingerprint density at radius 3 is 2.88 bits per heavy atom. The zero-order chi connectivity index (χ0) is 18.1. The molecule has 0 spiro atoms. The van der Waals surface area contributed by atoms with Gasteiger partial charge in [-0.2, -0.15) is 10.4 Å². The van der Waals surface area contributed by atoms with Crippen LogP contribution in [0, 0.1) is 17.1 Å². The summed E-state index contributed by atoms with van der Waals surface area (Å²) < 4.78 is 20.7. The number of nitriles is 1. The second-order valence-electron chi connectivity index (χ2n) is 6.18. The summed E-state index contributed by atoms with van der Waals surface area (Å²) in [6.07, 6.45) is 4.81. The van der Waals surface area contributed by atoms with Crippen LogP contribution < -0.4 is 5.56 Å². The Morgan fingerprint density at radius 1 is 1.27 bits per heavy atom. The third kappa shape index (κ3) is 2.80. The predicted octanol–water partition coefficient (Wildman–Crippen LogP) is 2.84. The Kier molecular flexibility index (Phi) is 4.09. The number of halogens is 1. The lowest BCUT2D eigenvalue weighted by Gasteiger charge is -2.16. The second-order valence-corrected chi connectivity index (χ2v) is 6.18. The molecule has 1 aliphatic carbocycles. The lowest BCUT2D eigenvalue weighted by atomic mass is 9.93. The first-order valence-corrected chi connectivity index (χ1v) is 8.40. The van der Waals surface area contributed by atoms with Crippen molar-refractivity contribution in [2.24, 2.45) is 0 Å². The molecule has 6 nitrogen and oxygen atoms in total. The molecule has 0 aliphatic heterocycles. The van der Waals surface area contributed by atoms with Crippen LogP contribution >= 0.6 is 0 Å². The van der Waals surface area contributed by atoms with E-state index in [0.717, 1.165) is 30.5 Å². The number of benzene rings is 1. The topological polar surface area (TPSA) is 84.7 Å². The average Bonchev–Trinajstić information content (AvgIpc) is 3.11. The van der Waals surface area contributed by atoms with Crippen LogP contribution in [-0.2, 0) is 19.4 Å². The van der Waals surface area contributed by atoms with Crippen molar-refractivity contribution < 1.29 is 8.81 Å². The van der Waals surface area contributed by atoms with E-state index >= 15 is 0 Å². The molecule has 0 radical (unpaired) electrons. The number of hydrogen-bond acceptors (Lipinski definition) is 5. The maximum atomic E-state index is 13.9. The Morgan fingerprint density at radius 2 is 2.08 bits per heavy atom. The lowest BCUT2D eigenvalue weighted by Crippen LogP contribution is -2.30. The maximum Gasteiger partial charge on any atom is 0.285 e. The molecule has 3 aromatic rings. The molecule has 0 unspecified atom stereocenters. The number of nitrogens with zero attached hydrogens (tertiary/aromatic N) is 4. The fourth-order valence-electron chi connectivity index (χ4n) is 3.24. The number of rotatable bonds is 3. The van der Waals surface area contributed by atoms with E-state index in [2.05, 4.69) is 10.1 Å². The summed E-state index contributed by atoms with van der Waals surface area (Å²) >= 11 is 0. The summed E-state index contributed by atoms with van der Waals surface area (Å²) in [5, 5.41) is 13.8. The van der Waals surface area contributed by atoms with Crippen molar-refractivity contribution in [2.45, 2.75) is 32.2 Å². The van der Waals surface area contributed by atoms with Gasteiger partial charge in [0.25, 0.3) is 5.56 Å². The minimum Gasteiger partial charge on any atom is -0.439 e. The molecule has 0 N–H and O–H groups in total. The highest BCUT2D eigenvalue weighted by Crippen LogP contribution is 2.24. The molecular weight excluding hydrogens is 335 g/mol. The van der Waals surface area contributed by atoms with Crippen LogP contribution in [0.15, 0.2) is 39.7 Å². The Labute approximate surface area is 148 Å². The van der Waals surface area contributed by atoms with Gasteiger partial charge in [0, 0.05) is 0 Å². The third-order valence-corrected chi connectivity index (χ3v) is 4.52. The van der Waals surface area contributed by atoms with Gasteiger partial charge in [-0.15, -0.1) is 0 Å². The van der Waals surface area contributed by atoms with Crippen LogP contribution in [0.25, 0.3) is 11.3 Å². The monoisotopic (exact) mass is 350 g/mol. The van der Waals surface area contributed by atoms with Crippen LogP contribution in [0.4, 0.5) is 4.39 Å². The molecule has 0 saturated heterocycles. The Hall–Kier alpha value is -3.27. The van der Waals surface area contributed by atoms with E-state index in [1.807, 2.05) is 6.07 Å². The normalized spacial score (nSPS) is 13.2. The molecule has 1 aromatic carbocycles. The van der Waals surface area contributed by atoms with Crippen molar-refractivity contribution in [1.82, 2.24) is 14.8 Å². The zero-order valence-electron chi connectivity index (χ0n) is 13.9. The van der Waals surface area contributed by atoms with Gasteiger partial charge in [-0.05, 0) is 43.4 Å². The largest absolute Gasteiger partial charge is 0.439 e. The molecule has 7 heteroatoms. The fourth-order valence-corrected chi connectivity index (χ4v) is 3.24. The van der Waals surface area contributed by atoms with Crippen LogP contribution in [0.1, 0.15) is 35.6 Å². The molecule has 2 aromatic heterocycles. The molecule has 0 atom stereocenters. The summed E-state index contributed by atoms with van der Waals surface area (Å²) in [4.78, 5) is 16.7. The van der Waals surface area contributed by atoms with Crippen molar-refractivity contribution >= 4 is 0 Å². The quantitative estimate of drug-likeness (QED) is 0.725. The lowest BCUT2D eigenvalue weighted by molar-refractivity contribution is 0.456. The van der Waals surface area contributed by atoms with E-state index in [-0.39, 0.29) is 23.8 Å². The summed E-state index contributed by atoms with van der Waals surface area (Å²) in [7, 11) is 0. The minimum absolute atomic E-state index is 0.00472. The van der Waals surface area contributed by atoms with Crippen molar-refractivity contribution in [3.8, 4) is 17.4 Å². The highest BCUT2D eigenvalue weighted by Gasteiger charge is 2.21. The molecule has 0 bridgehead atoms. The second kappa shape index (κ2) is 6.56. The van der Waals surface area contributed by atoms with E-state index < -0.39 is 11.4 Å². The average molecular weight is 350 g/mol. The van der Waals surface area contributed by atoms with E-state index in [4.69, 9.17) is 4.42 Å². The molecular formula is C19H15FN4O2. The van der Waals surface area contributed by atoms with Gasteiger partial charge in [-0.3, -0.25) is 4.79 Å². The number of aromatic nitrogens is 3. The number of aryl methyl sites for hydroxylation is 1. The number of hydrogen-bond donors (Lipinski definition) is 0. The molecule has 1 aliphatic rings. The van der Waals surface area contributed by atoms with Crippen molar-refractivity contribution in [1.29, 1.82) is 5.26 Å². The summed E-state index contributed by atoms with van der Waals surface area (Å²) in [5.41, 5.74) is 1.55. The highest BCUT2D eigenvalue weighted by atomic mass is 19.1. The van der Waals surface area contributed by atoms with Gasteiger partial charge >= 0.3 is 0 Å². The smallest absolute Gasteiger partial charge is 0.285 e. The van der Waals surface area contributed by atoms with Crippen molar-refractivity contribution in [3.63, 3.8) is 0 Å². The molecule has 130 valence electrons. The van der Waals surface area contributed by atoms with Gasteiger partial charge in [-0.25, -0.2) is 14.1 Å². The van der Waals surface area contributed by atoms with Crippen LogP contribution in [0.5, 0.6) is 0 Å². The fraction of sp³-hybridized carbons (Fsp3) is 0.263. The standard InChI is InChI=1S/C19H15FN4O2/c20-15-7-3-1-6-13(15)17-10-22-18(26-17)11-24-19(25)14(9-21)12-5-2-4-8-16(12)23-24/h1,3,6-7,10H,2,4-5,8,11H2. The van der Waals surface area contributed by atoms with Gasteiger partial charge in [0.15, 0.2) is 5.76 Å². The summed E-state index contributed by atoms with van der Waals surface area (Å²) in [6, 6.07) is 8.24. The van der Waals surface area contributed by atoms with Gasteiger partial charge in [0.2, 0.25) is 5.89 Å². The first-order chi connectivity index (χ1) is 12.7. The first kappa shape index (κ1) is 16.2. The Bertz CT molecular complexity index is 1080. The molecule has 4 rings (SSSR count). The van der Waals surface area contributed by atoms with E-state index in [9.17, 15) is 14.4 Å².